The molecule has 0 saturated carbocycles. The Morgan fingerprint density at radius 2 is 1.80 bits per heavy atom. The quantitative estimate of drug-likeness (QED) is 0.341. The molecule has 2 aliphatic rings. The van der Waals surface area contributed by atoms with Crippen LogP contribution in [0.5, 0.6) is 5.75 Å². The molecular formula is C33H36F3N3O5. The van der Waals surface area contributed by atoms with Crippen molar-refractivity contribution in [1.29, 1.82) is 0 Å². The first kappa shape index (κ1) is 31.7. The van der Waals surface area contributed by atoms with Crippen LogP contribution in [0.15, 0.2) is 36.5 Å². The van der Waals surface area contributed by atoms with E-state index >= 15 is 0 Å². The number of carboxylic acid groups (broad SMARTS) is 1. The van der Waals surface area contributed by atoms with E-state index in [1.807, 2.05) is 23.1 Å². The minimum absolute atomic E-state index is 0.185. The van der Waals surface area contributed by atoms with E-state index in [4.69, 9.17) is 9.47 Å². The summed E-state index contributed by atoms with van der Waals surface area (Å²) in [5.74, 6) is 1.74. The summed E-state index contributed by atoms with van der Waals surface area (Å²) in [5, 5.41) is 22.7. The van der Waals surface area contributed by atoms with E-state index in [1.165, 1.54) is 0 Å². The minimum Gasteiger partial charge on any atom is -0.497 e. The number of ether oxygens (including phenoxy) is 2. The van der Waals surface area contributed by atoms with Gasteiger partial charge in [-0.15, -0.1) is 0 Å². The van der Waals surface area contributed by atoms with Crippen molar-refractivity contribution in [3.05, 3.63) is 70.7 Å². The molecule has 234 valence electrons. The van der Waals surface area contributed by atoms with Crippen LogP contribution in [0.1, 0.15) is 48.5 Å². The number of carbonyl (C=O) groups is 1. The highest BCUT2D eigenvalue weighted by Crippen LogP contribution is 2.40. The summed E-state index contributed by atoms with van der Waals surface area (Å²) < 4.78 is 51.9. The molecule has 1 atom stereocenters. The molecule has 0 spiro atoms. The van der Waals surface area contributed by atoms with E-state index in [0.29, 0.717) is 69.1 Å². The van der Waals surface area contributed by atoms with Crippen molar-refractivity contribution in [3.63, 3.8) is 0 Å². The lowest BCUT2D eigenvalue weighted by Crippen LogP contribution is -2.44. The van der Waals surface area contributed by atoms with Crippen molar-refractivity contribution >= 4 is 16.9 Å². The van der Waals surface area contributed by atoms with Crippen LogP contribution < -0.4 is 4.74 Å². The van der Waals surface area contributed by atoms with Crippen LogP contribution in [0, 0.1) is 34.7 Å². The van der Waals surface area contributed by atoms with Gasteiger partial charge in [0.05, 0.1) is 49.5 Å². The Kier molecular flexibility index (Phi) is 10.1. The standard InChI is InChI=1S/C33H36F3N3O5/c1-43-24-4-5-29-26(19-24)31(22(20-37-29)21-39-13-15-44-16-14-39)30(40)6-7-33(32(41)42)8-11-38(12-9-33)10-2-3-25-27(35)17-23(34)18-28(25)36/h4-5,17-20,30,40H,6-16,21H2,1H3,(H,41,42). The zero-order valence-corrected chi connectivity index (χ0v) is 24.6. The molecule has 2 saturated heterocycles. The van der Waals surface area contributed by atoms with Gasteiger partial charge in [-0.3, -0.25) is 19.6 Å². The molecule has 44 heavy (non-hydrogen) atoms. The maximum absolute atomic E-state index is 13.9. The third-order valence-corrected chi connectivity index (χ3v) is 8.72. The number of halogens is 3. The topological polar surface area (TPSA) is 95.4 Å². The van der Waals surface area contributed by atoms with Gasteiger partial charge in [-0.2, -0.15) is 0 Å². The number of aromatic nitrogens is 1. The Hall–Kier alpha value is -3.69. The van der Waals surface area contributed by atoms with Crippen molar-refractivity contribution < 1.29 is 37.7 Å². The third-order valence-electron chi connectivity index (χ3n) is 8.72. The van der Waals surface area contributed by atoms with E-state index in [0.717, 1.165) is 29.6 Å². The number of likely N-dealkylation sites (tertiary alicyclic amines) is 1. The highest BCUT2D eigenvalue weighted by molar-refractivity contribution is 5.85. The van der Waals surface area contributed by atoms with Crippen LogP contribution in [0.25, 0.3) is 10.9 Å². The second-order valence-corrected chi connectivity index (χ2v) is 11.4. The lowest BCUT2D eigenvalue weighted by Gasteiger charge is -2.38. The SMILES string of the molecule is COc1ccc2ncc(CN3CCOCC3)c(C(O)CCC3(C(=O)O)CCN(CC#Cc4c(F)cc(F)cc4F)CC3)c2c1. The van der Waals surface area contributed by atoms with Gasteiger partial charge in [0.25, 0.3) is 0 Å². The Morgan fingerprint density at radius 3 is 2.45 bits per heavy atom. The van der Waals surface area contributed by atoms with Crippen LogP contribution in [0.4, 0.5) is 13.2 Å². The molecule has 2 fully saturated rings. The van der Waals surface area contributed by atoms with E-state index in [2.05, 4.69) is 21.7 Å². The molecule has 8 nitrogen and oxygen atoms in total. The largest absolute Gasteiger partial charge is 0.497 e. The molecule has 2 aliphatic heterocycles. The number of morpholine rings is 1. The molecule has 5 rings (SSSR count). The summed E-state index contributed by atoms with van der Waals surface area (Å²) in [6.07, 6.45) is 2.04. The van der Waals surface area contributed by atoms with Crippen molar-refractivity contribution in [2.24, 2.45) is 5.41 Å². The van der Waals surface area contributed by atoms with Gasteiger partial charge >= 0.3 is 5.97 Å². The van der Waals surface area contributed by atoms with Crippen molar-refractivity contribution in [3.8, 4) is 17.6 Å². The van der Waals surface area contributed by atoms with E-state index in [-0.39, 0.29) is 19.4 Å². The zero-order chi connectivity index (χ0) is 31.3. The van der Waals surface area contributed by atoms with Gasteiger partial charge in [-0.25, -0.2) is 13.2 Å². The molecule has 1 aromatic heterocycles. The number of aliphatic hydroxyl groups excluding tert-OH is 1. The number of benzene rings is 2. The molecule has 0 radical (unpaired) electrons. The minimum atomic E-state index is -1.06. The van der Waals surface area contributed by atoms with E-state index in [1.54, 1.807) is 13.3 Å². The number of rotatable bonds is 9. The maximum Gasteiger partial charge on any atom is 0.309 e. The Balaban J connectivity index is 1.29. The number of nitrogens with zero attached hydrogens (tertiary/aromatic N) is 3. The lowest BCUT2D eigenvalue weighted by molar-refractivity contribution is -0.153. The van der Waals surface area contributed by atoms with Crippen LogP contribution in [-0.2, 0) is 16.1 Å². The van der Waals surface area contributed by atoms with Crippen LogP contribution in [-0.4, -0.2) is 84.0 Å². The van der Waals surface area contributed by atoms with Crippen LogP contribution >= 0.6 is 0 Å². The lowest BCUT2D eigenvalue weighted by atomic mass is 9.73. The third kappa shape index (κ3) is 7.16. The Labute approximate surface area is 254 Å². The average molecular weight is 612 g/mol. The maximum atomic E-state index is 13.9. The number of carboxylic acids is 1. The predicted octanol–water partition coefficient (Wildman–Crippen LogP) is 4.53. The van der Waals surface area contributed by atoms with Crippen molar-refractivity contribution in [1.82, 2.24) is 14.8 Å². The molecule has 2 aromatic carbocycles. The van der Waals surface area contributed by atoms with Gasteiger partial charge in [0.1, 0.15) is 23.2 Å². The number of hydrogen-bond donors (Lipinski definition) is 2. The van der Waals surface area contributed by atoms with Gasteiger partial charge in [-0.05, 0) is 55.0 Å². The smallest absolute Gasteiger partial charge is 0.309 e. The summed E-state index contributed by atoms with van der Waals surface area (Å²) >= 11 is 0. The average Bonchev–Trinajstić information content (AvgIpc) is 3.01. The predicted molar refractivity (Wildman–Crippen MR) is 158 cm³/mol. The fourth-order valence-electron chi connectivity index (χ4n) is 6.05. The highest BCUT2D eigenvalue weighted by Gasteiger charge is 2.41. The summed E-state index contributed by atoms with van der Waals surface area (Å²) in [7, 11) is 1.58. The fraction of sp³-hybridized carbons (Fsp3) is 0.455. The summed E-state index contributed by atoms with van der Waals surface area (Å²) in [6.45, 7) is 4.41. The fourth-order valence-corrected chi connectivity index (χ4v) is 6.05. The Morgan fingerprint density at radius 1 is 1.09 bits per heavy atom. The van der Waals surface area contributed by atoms with Gasteiger partial charge in [0.2, 0.25) is 0 Å². The van der Waals surface area contributed by atoms with Crippen LogP contribution in [0.3, 0.4) is 0 Å². The van der Waals surface area contributed by atoms with Crippen molar-refractivity contribution in [2.45, 2.75) is 38.3 Å². The number of pyridine rings is 1. The summed E-state index contributed by atoms with van der Waals surface area (Å²) in [4.78, 5) is 21.4. The molecule has 0 aliphatic carbocycles. The molecular weight excluding hydrogens is 575 g/mol. The first-order valence-electron chi connectivity index (χ1n) is 14.7. The number of fused-ring (bicyclic) bond motifs is 1. The number of hydrogen-bond acceptors (Lipinski definition) is 7. The summed E-state index contributed by atoms with van der Waals surface area (Å²) in [5.41, 5.74) is 0.797. The molecule has 0 bridgehead atoms. The molecule has 0 amide bonds. The van der Waals surface area contributed by atoms with E-state index in [9.17, 15) is 28.2 Å². The normalized spacial score (nSPS) is 18.0. The number of methoxy groups -OCH3 is 1. The first-order valence-corrected chi connectivity index (χ1v) is 14.7. The molecule has 3 aromatic rings. The van der Waals surface area contributed by atoms with Crippen molar-refractivity contribution in [2.75, 3.05) is 53.0 Å². The highest BCUT2D eigenvalue weighted by atomic mass is 19.1. The zero-order valence-electron chi connectivity index (χ0n) is 24.6. The molecule has 2 N–H and O–H groups in total. The van der Waals surface area contributed by atoms with Gasteiger partial charge in [-0.1, -0.05) is 11.8 Å². The first-order chi connectivity index (χ1) is 21.2. The monoisotopic (exact) mass is 611 g/mol. The number of aliphatic hydroxyl groups is 1. The molecule has 1 unspecified atom stereocenters. The number of aliphatic carboxylic acids is 1. The van der Waals surface area contributed by atoms with Crippen LogP contribution in [0.2, 0.25) is 0 Å². The second kappa shape index (κ2) is 13.9. The second-order valence-electron chi connectivity index (χ2n) is 11.4. The summed E-state index contributed by atoms with van der Waals surface area (Å²) in [6, 6.07) is 6.69. The van der Waals surface area contributed by atoms with Gasteiger partial charge in [0, 0.05) is 56.4 Å². The Bertz CT molecular complexity index is 1540. The molecule has 3 heterocycles. The molecule has 11 heteroatoms. The van der Waals surface area contributed by atoms with Gasteiger partial charge < -0.3 is 19.7 Å². The number of piperidine rings is 1. The van der Waals surface area contributed by atoms with Gasteiger partial charge in [0.15, 0.2) is 0 Å². The van der Waals surface area contributed by atoms with E-state index < -0.39 is 40.5 Å².